The zero-order valence-corrected chi connectivity index (χ0v) is 16.1. The van der Waals surface area contributed by atoms with Crippen LogP contribution in [0, 0.1) is 31.6 Å². The molecule has 2 aliphatic rings. The number of hydrogen-bond donors (Lipinski definition) is 2. The Balaban J connectivity index is 1.58. The maximum Gasteiger partial charge on any atom is 0.242 e. The summed E-state index contributed by atoms with van der Waals surface area (Å²) in [7, 11) is 0. The molecule has 3 rings (SSSR count). The van der Waals surface area contributed by atoms with Gasteiger partial charge in [-0.2, -0.15) is 11.8 Å². The van der Waals surface area contributed by atoms with E-state index in [4.69, 9.17) is 0 Å². The second-order valence-electron chi connectivity index (χ2n) is 7.24. The molecule has 4 atom stereocenters. The van der Waals surface area contributed by atoms with Crippen molar-refractivity contribution < 1.29 is 4.79 Å². The first-order valence-corrected chi connectivity index (χ1v) is 10.5. The average molecular weight is 361 g/mol. The quantitative estimate of drug-likeness (QED) is 0.698. The van der Waals surface area contributed by atoms with E-state index in [2.05, 4.69) is 39.0 Å². The van der Waals surface area contributed by atoms with Crippen LogP contribution < -0.4 is 10.6 Å². The lowest BCUT2D eigenvalue weighted by Gasteiger charge is -2.22. The molecule has 2 N–H and O–H groups in total. The minimum Gasteiger partial charge on any atom is -0.354 e. The maximum atomic E-state index is 12.7. The first-order valence-electron chi connectivity index (χ1n) is 9.09. The Morgan fingerprint density at radius 3 is 2.64 bits per heavy atom. The van der Waals surface area contributed by atoms with Gasteiger partial charge in [0.15, 0.2) is 0 Å². The third kappa shape index (κ3) is 4.75. The molecule has 2 aliphatic carbocycles. The van der Waals surface area contributed by atoms with Crippen LogP contribution in [-0.2, 0) is 4.79 Å². The number of nitrogens with zero attached hydrogens (tertiary/aromatic N) is 2. The number of allylic oxidation sites excluding steroid dienone is 2. The highest BCUT2D eigenvalue weighted by Gasteiger charge is 2.35. The molecule has 2 bridgehead atoms. The van der Waals surface area contributed by atoms with E-state index < -0.39 is 0 Å². The smallest absolute Gasteiger partial charge is 0.242 e. The largest absolute Gasteiger partial charge is 0.354 e. The molecule has 0 spiro atoms. The van der Waals surface area contributed by atoms with E-state index in [1.807, 2.05) is 19.9 Å². The van der Waals surface area contributed by atoms with Gasteiger partial charge in [-0.3, -0.25) is 4.79 Å². The highest BCUT2D eigenvalue weighted by Crippen LogP contribution is 2.42. The molecule has 5 nitrogen and oxygen atoms in total. The van der Waals surface area contributed by atoms with E-state index in [-0.39, 0.29) is 11.9 Å². The molecule has 1 amide bonds. The van der Waals surface area contributed by atoms with Crippen molar-refractivity contribution in [3.63, 3.8) is 0 Å². The Kier molecular flexibility index (Phi) is 5.99. The van der Waals surface area contributed by atoms with E-state index in [0.717, 1.165) is 36.0 Å². The van der Waals surface area contributed by atoms with Crippen molar-refractivity contribution in [1.29, 1.82) is 0 Å². The number of hydrogen-bond acceptors (Lipinski definition) is 5. The molecule has 136 valence electrons. The summed E-state index contributed by atoms with van der Waals surface area (Å²) in [5, 5.41) is 6.41. The molecule has 0 radical (unpaired) electrons. The lowest BCUT2D eigenvalue weighted by atomic mass is 9.93. The number of anilines is 1. The Hall–Kier alpha value is -1.56. The SMILES string of the molecule is CSCC[C@@H](Nc1nc(C)cc(C)n1)C(=O)NC[C@H]1C[C@@H]2C=C[C@H]1C2. The highest BCUT2D eigenvalue weighted by atomic mass is 32.2. The van der Waals surface area contributed by atoms with E-state index in [0.29, 0.717) is 17.8 Å². The van der Waals surface area contributed by atoms with E-state index in [9.17, 15) is 4.79 Å². The van der Waals surface area contributed by atoms with Gasteiger partial charge >= 0.3 is 0 Å². The number of carbonyl (C=O) groups is 1. The highest BCUT2D eigenvalue weighted by molar-refractivity contribution is 7.98. The standard InChI is InChI=1S/C19H28N4OS/c1-12-8-13(2)22-19(21-12)23-17(6-7-25-3)18(24)20-11-16-10-14-4-5-15(16)9-14/h4-5,8,14-17H,6-7,9-11H2,1-3H3,(H,20,24)(H,21,22,23)/t14-,15+,16-,17-/m1/s1. The van der Waals surface area contributed by atoms with Gasteiger partial charge in [0.05, 0.1) is 0 Å². The molecule has 1 aromatic heterocycles. The average Bonchev–Trinajstić information content (AvgIpc) is 3.18. The van der Waals surface area contributed by atoms with Gasteiger partial charge in [0, 0.05) is 17.9 Å². The summed E-state index contributed by atoms with van der Waals surface area (Å²) in [5.74, 6) is 3.52. The van der Waals surface area contributed by atoms with Crippen molar-refractivity contribution in [1.82, 2.24) is 15.3 Å². The first kappa shape index (κ1) is 18.2. The monoisotopic (exact) mass is 360 g/mol. The number of aromatic nitrogens is 2. The number of fused-ring (bicyclic) bond motifs is 2. The van der Waals surface area contributed by atoms with Gasteiger partial charge in [-0.25, -0.2) is 9.97 Å². The van der Waals surface area contributed by atoms with Crippen LogP contribution in [0.2, 0.25) is 0 Å². The van der Waals surface area contributed by atoms with Crippen molar-refractivity contribution in [2.24, 2.45) is 17.8 Å². The topological polar surface area (TPSA) is 66.9 Å². The summed E-state index contributed by atoms with van der Waals surface area (Å²) in [6.45, 7) is 4.66. The Bertz CT molecular complexity index is 628. The van der Waals surface area contributed by atoms with Gasteiger partial charge in [-0.1, -0.05) is 12.2 Å². The van der Waals surface area contributed by atoms with Gasteiger partial charge in [-0.15, -0.1) is 0 Å². The van der Waals surface area contributed by atoms with Crippen LogP contribution in [0.3, 0.4) is 0 Å². The zero-order valence-electron chi connectivity index (χ0n) is 15.3. The third-order valence-corrected chi connectivity index (χ3v) is 5.81. The Labute approximate surface area is 154 Å². The molecule has 0 unspecified atom stereocenters. The minimum absolute atomic E-state index is 0.0589. The van der Waals surface area contributed by atoms with Gasteiger partial charge in [0.2, 0.25) is 11.9 Å². The fraction of sp³-hybridized carbons (Fsp3) is 0.632. The van der Waals surface area contributed by atoms with Gasteiger partial charge < -0.3 is 10.6 Å². The molecule has 0 saturated heterocycles. The summed E-state index contributed by atoms with van der Waals surface area (Å²) in [6, 6.07) is 1.65. The number of amides is 1. The Morgan fingerprint density at radius 2 is 2.04 bits per heavy atom. The minimum atomic E-state index is -0.289. The molecule has 0 aromatic carbocycles. The summed E-state index contributed by atoms with van der Waals surface area (Å²) >= 11 is 1.75. The fourth-order valence-electron chi connectivity index (χ4n) is 3.94. The number of rotatable bonds is 8. The number of carbonyl (C=O) groups excluding carboxylic acids is 1. The van der Waals surface area contributed by atoms with Gasteiger partial charge in [0.25, 0.3) is 0 Å². The summed E-state index contributed by atoms with van der Waals surface area (Å²) in [4.78, 5) is 21.6. The lowest BCUT2D eigenvalue weighted by Crippen LogP contribution is -2.42. The number of thioether (sulfide) groups is 1. The maximum absolute atomic E-state index is 12.7. The number of nitrogens with one attached hydrogen (secondary N) is 2. The first-order chi connectivity index (χ1) is 12.0. The summed E-state index contributed by atoms with van der Waals surface area (Å²) in [6.07, 6.45) is 9.97. The van der Waals surface area contributed by atoms with Crippen LogP contribution in [0.1, 0.15) is 30.7 Å². The predicted molar refractivity (Wildman–Crippen MR) is 104 cm³/mol. The zero-order chi connectivity index (χ0) is 17.8. The molecule has 6 heteroatoms. The van der Waals surface area contributed by atoms with Crippen LogP contribution in [0.15, 0.2) is 18.2 Å². The van der Waals surface area contributed by atoms with Crippen LogP contribution in [0.4, 0.5) is 5.95 Å². The second-order valence-corrected chi connectivity index (χ2v) is 8.22. The molecule has 1 fully saturated rings. The van der Waals surface area contributed by atoms with Crippen LogP contribution in [-0.4, -0.2) is 40.5 Å². The molecule has 0 aliphatic heterocycles. The van der Waals surface area contributed by atoms with E-state index in [1.54, 1.807) is 11.8 Å². The lowest BCUT2D eigenvalue weighted by molar-refractivity contribution is -0.122. The normalized spacial score (nSPS) is 25.2. The van der Waals surface area contributed by atoms with Crippen LogP contribution in [0.5, 0.6) is 0 Å². The summed E-state index contributed by atoms with van der Waals surface area (Å²) < 4.78 is 0. The van der Waals surface area contributed by atoms with Crippen LogP contribution in [0.25, 0.3) is 0 Å². The van der Waals surface area contributed by atoms with Crippen LogP contribution >= 0.6 is 11.8 Å². The Morgan fingerprint density at radius 1 is 1.28 bits per heavy atom. The van der Waals surface area contributed by atoms with Crippen molar-refractivity contribution >= 4 is 23.6 Å². The summed E-state index contributed by atoms with van der Waals surface area (Å²) in [5.41, 5.74) is 1.82. The molecule has 1 aromatic rings. The van der Waals surface area contributed by atoms with Crippen molar-refractivity contribution in [2.45, 2.75) is 39.2 Å². The fourth-order valence-corrected chi connectivity index (χ4v) is 4.41. The third-order valence-electron chi connectivity index (χ3n) is 5.17. The molecular formula is C19H28N4OS. The van der Waals surface area contributed by atoms with Crippen molar-refractivity contribution in [2.75, 3.05) is 23.9 Å². The molecule has 25 heavy (non-hydrogen) atoms. The predicted octanol–water partition coefficient (Wildman–Crippen LogP) is 2.96. The van der Waals surface area contributed by atoms with Crippen molar-refractivity contribution in [3.05, 3.63) is 29.6 Å². The van der Waals surface area contributed by atoms with E-state index in [1.165, 1.54) is 12.8 Å². The van der Waals surface area contributed by atoms with E-state index >= 15 is 0 Å². The van der Waals surface area contributed by atoms with Crippen molar-refractivity contribution in [3.8, 4) is 0 Å². The molecule has 1 heterocycles. The molecular weight excluding hydrogens is 332 g/mol. The number of aryl methyl sites for hydroxylation is 2. The second kappa shape index (κ2) is 8.21. The van der Waals surface area contributed by atoms with Gasteiger partial charge in [-0.05, 0) is 68.9 Å². The molecule has 1 saturated carbocycles. The van der Waals surface area contributed by atoms with Gasteiger partial charge in [0.1, 0.15) is 6.04 Å².